The van der Waals surface area contributed by atoms with E-state index in [2.05, 4.69) is 5.16 Å². The van der Waals surface area contributed by atoms with Crippen LogP contribution in [0, 0.1) is 0 Å². The topological polar surface area (TPSA) is 64.8 Å². The van der Waals surface area contributed by atoms with Gasteiger partial charge in [0.25, 0.3) is 5.91 Å². The van der Waals surface area contributed by atoms with Gasteiger partial charge in [-0.1, -0.05) is 11.6 Å². The number of hydrogen-bond donors (Lipinski definition) is 0. The first-order chi connectivity index (χ1) is 12.7. The normalized spacial score (nSPS) is 16.5. The van der Waals surface area contributed by atoms with Crippen LogP contribution in [0.4, 0.5) is 0 Å². The van der Waals surface area contributed by atoms with Gasteiger partial charge in [0.15, 0.2) is 17.2 Å². The Labute approximate surface area is 153 Å². The number of nitrogens with zero attached hydrogens (tertiary/aromatic N) is 2. The highest BCUT2D eigenvalue weighted by atomic mass is 16.5. The summed E-state index contributed by atoms with van der Waals surface area (Å²) in [5.74, 6) is 2.29. The Kier molecular flexibility index (Phi) is 4.57. The fourth-order valence-corrected chi connectivity index (χ4v) is 3.94. The van der Waals surface area contributed by atoms with Crippen LogP contribution in [0.3, 0.4) is 0 Å². The van der Waals surface area contributed by atoms with Crippen LogP contribution in [0.1, 0.15) is 52.2 Å². The van der Waals surface area contributed by atoms with Crippen LogP contribution in [0.2, 0.25) is 0 Å². The molecule has 4 rings (SSSR count). The van der Waals surface area contributed by atoms with Crippen LogP contribution < -0.4 is 9.47 Å². The third-order valence-electron chi connectivity index (χ3n) is 5.41. The number of fused-ring (bicyclic) bond motifs is 2. The molecule has 6 heteroatoms. The Morgan fingerprint density at radius 2 is 1.77 bits per heavy atom. The fourth-order valence-electron chi connectivity index (χ4n) is 3.94. The Morgan fingerprint density at radius 3 is 2.54 bits per heavy atom. The van der Waals surface area contributed by atoms with Gasteiger partial charge in [-0.05, 0) is 48.9 Å². The van der Waals surface area contributed by atoms with Crippen LogP contribution in [0.25, 0.3) is 0 Å². The summed E-state index contributed by atoms with van der Waals surface area (Å²) < 4.78 is 16.3. The van der Waals surface area contributed by atoms with E-state index in [-0.39, 0.29) is 5.91 Å². The molecule has 0 saturated heterocycles. The van der Waals surface area contributed by atoms with Gasteiger partial charge in [-0.25, -0.2) is 0 Å². The zero-order valence-corrected chi connectivity index (χ0v) is 15.3. The van der Waals surface area contributed by atoms with E-state index >= 15 is 0 Å². The third kappa shape index (κ3) is 2.93. The number of hydrogen-bond acceptors (Lipinski definition) is 5. The number of methoxy groups -OCH3 is 2. The Hall–Kier alpha value is -2.50. The molecule has 1 aromatic heterocycles. The van der Waals surface area contributed by atoms with Crippen molar-refractivity contribution in [3.63, 3.8) is 0 Å². The number of amides is 1. The molecular weight excluding hydrogens is 332 g/mol. The molecule has 0 radical (unpaired) electrons. The number of carbonyl (C=O) groups excluding carboxylic acids is 1. The molecule has 2 aromatic rings. The second kappa shape index (κ2) is 7.02. The van der Waals surface area contributed by atoms with Gasteiger partial charge in [0.1, 0.15) is 5.76 Å². The van der Waals surface area contributed by atoms with Gasteiger partial charge in [-0.2, -0.15) is 0 Å². The maximum atomic E-state index is 13.1. The highest BCUT2D eigenvalue weighted by Crippen LogP contribution is 2.34. The smallest absolute Gasteiger partial charge is 0.276 e. The van der Waals surface area contributed by atoms with Crippen molar-refractivity contribution in [2.24, 2.45) is 0 Å². The zero-order chi connectivity index (χ0) is 18.1. The van der Waals surface area contributed by atoms with Crippen LogP contribution in [0.5, 0.6) is 11.5 Å². The minimum Gasteiger partial charge on any atom is -0.493 e. The summed E-state index contributed by atoms with van der Waals surface area (Å²) in [5, 5.41) is 4.12. The first kappa shape index (κ1) is 16.9. The van der Waals surface area contributed by atoms with E-state index in [9.17, 15) is 4.79 Å². The number of rotatable bonds is 3. The Balaban J connectivity index is 1.59. The zero-order valence-electron chi connectivity index (χ0n) is 15.3. The van der Waals surface area contributed by atoms with Crippen molar-refractivity contribution < 1.29 is 18.8 Å². The van der Waals surface area contributed by atoms with Crippen LogP contribution in [-0.4, -0.2) is 36.7 Å². The van der Waals surface area contributed by atoms with Gasteiger partial charge in [0.05, 0.1) is 14.2 Å². The molecule has 138 valence electrons. The van der Waals surface area contributed by atoms with Crippen LogP contribution in [-0.2, 0) is 25.8 Å². The van der Waals surface area contributed by atoms with Crippen molar-refractivity contribution in [3.05, 3.63) is 40.3 Å². The minimum atomic E-state index is -0.0302. The molecule has 0 spiro atoms. The summed E-state index contributed by atoms with van der Waals surface area (Å²) in [6.45, 7) is 1.22. The van der Waals surface area contributed by atoms with E-state index in [4.69, 9.17) is 14.0 Å². The number of carbonyl (C=O) groups is 1. The third-order valence-corrected chi connectivity index (χ3v) is 5.41. The molecule has 1 aliphatic heterocycles. The molecule has 1 amide bonds. The van der Waals surface area contributed by atoms with E-state index < -0.39 is 0 Å². The van der Waals surface area contributed by atoms with E-state index in [1.165, 1.54) is 12.0 Å². The second-order valence-corrected chi connectivity index (χ2v) is 6.95. The highest BCUT2D eigenvalue weighted by Gasteiger charge is 2.29. The predicted molar refractivity (Wildman–Crippen MR) is 95.8 cm³/mol. The number of ether oxygens (including phenoxy) is 2. The summed E-state index contributed by atoms with van der Waals surface area (Å²) >= 11 is 0. The van der Waals surface area contributed by atoms with Gasteiger partial charge >= 0.3 is 0 Å². The van der Waals surface area contributed by atoms with Crippen LogP contribution in [0.15, 0.2) is 16.7 Å². The van der Waals surface area contributed by atoms with E-state index in [1.54, 1.807) is 14.2 Å². The SMILES string of the molecule is COc1cc2c(cc1OC)CN(C(=O)c1noc3c1CCCCC3)CC2. The fraction of sp³-hybridized carbons (Fsp3) is 0.500. The lowest BCUT2D eigenvalue weighted by Crippen LogP contribution is -2.36. The summed E-state index contributed by atoms with van der Waals surface area (Å²) in [6.07, 6.45) is 5.94. The van der Waals surface area contributed by atoms with Crippen LogP contribution >= 0.6 is 0 Å². The molecule has 0 N–H and O–H groups in total. The van der Waals surface area contributed by atoms with Crippen molar-refractivity contribution in [1.82, 2.24) is 10.1 Å². The molecule has 0 fully saturated rings. The van der Waals surface area contributed by atoms with E-state index in [0.29, 0.717) is 24.5 Å². The van der Waals surface area contributed by atoms with Gasteiger partial charge in [-0.3, -0.25) is 4.79 Å². The standard InChI is InChI=1S/C20H24N2O4/c1-24-17-10-13-8-9-22(12-14(13)11-18(17)25-2)20(23)19-15-6-4-3-5-7-16(15)26-21-19/h10-11H,3-9,12H2,1-2H3. The monoisotopic (exact) mass is 356 g/mol. The quantitative estimate of drug-likeness (QED) is 0.791. The molecule has 2 aliphatic rings. The number of aromatic nitrogens is 1. The average Bonchev–Trinajstić information content (AvgIpc) is 2.93. The van der Waals surface area contributed by atoms with Crippen molar-refractivity contribution >= 4 is 5.91 Å². The Bertz CT molecular complexity index is 827. The first-order valence-corrected chi connectivity index (χ1v) is 9.21. The van der Waals surface area contributed by atoms with Gasteiger partial charge in [0, 0.05) is 25.1 Å². The van der Waals surface area contributed by atoms with E-state index in [1.807, 2.05) is 17.0 Å². The summed E-state index contributed by atoms with van der Waals surface area (Å²) in [7, 11) is 3.26. The molecule has 2 heterocycles. The molecule has 0 atom stereocenters. The lowest BCUT2D eigenvalue weighted by molar-refractivity contribution is 0.0722. The summed E-state index contributed by atoms with van der Waals surface area (Å²) in [5.41, 5.74) is 3.82. The lowest BCUT2D eigenvalue weighted by atomic mass is 9.98. The largest absolute Gasteiger partial charge is 0.493 e. The predicted octanol–water partition coefficient (Wildman–Crippen LogP) is 3.16. The summed E-state index contributed by atoms with van der Waals surface area (Å²) in [4.78, 5) is 14.9. The lowest BCUT2D eigenvalue weighted by Gasteiger charge is -2.29. The van der Waals surface area contributed by atoms with Crippen molar-refractivity contribution in [3.8, 4) is 11.5 Å². The molecule has 1 aromatic carbocycles. The molecule has 6 nitrogen and oxygen atoms in total. The highest BCUT2D eigenvalue weighted by molar-refractivity contribution is 5.94. The molecule has 0 bridgehead atoms. The van der Waals surface area contributed by atoms with E-state index in [0.717, 1.165) is 54.7 Å². The second-order valence-electron chi connectivity index (χ2n) is 6.95. The molecule has 0 saturated carbocycles. The van der Waals surface area contributed by atoms with Gasteiger partial charge in [0.2, 0.25) is 0 Å². The molecule has 1 aliphatic carbocycles. The molecule has 26 heavy (non-hydrogen) atoms. The van der Waals surface area contributed by atoms with Crippen molar-refractivity contribution in [1.29, 1.82) is 0 Å². The van der Waals surface area contributed by atoms with Crippen molar-refractivity contribution in [2.45, 2.75) is 45.1 Å². The maximum absolute atomic E-state index is 13.1. The summed E-state index contributed by atoms with van der Waals surface area (Å²) in [6, 6.07) is 3.98. The van der Waals surface area contributed by atoms with Gasteiger partial charge in [-0.15, -0.1) is 0 Å². The van der Waals surface area contributed by atoms with Crippen molar-refractivity contribution in [2.75, 3.05) is 20.8 Å². The Morgan fingerprint density at radius 1 is 1.04 bits per heavy atom. The average molecular weight is 356 g/mol. The number of benzene rings is 1. The molecule has 0 unspecified atom stereocenters. The first-order valence-electron chi connectivity index (χ1n) is 9.21. The molecular formula is C20H24N2O4. The maximum Gasteiger partial charge on any atom is 0.276 e. The number of aryl methyl sites for hydroxylation is 1. The van der Waals surface area contributed by atoms with Gasteiger partial charge < -0.3 is 18.9 Å². The minimum absolute atomic E-state index is 0.0302.